The molecule has 0 spiro atoms. The first-order valence-electron chi connectivity index (χ1n) is 9.95. The fourth-order valence-electron chi connectivity index (χ4n) is 2.97. The largest absolute Gasteiger partial charge is 0.490 e. The molecule has 0 aliphatic carbocycles. The molecule has 4 nitrogen and oxygen atoms in total. The Bertz CT molecular complexity index is 1150. The summed E-state index contributed by atoms with van der Waals surface area (Å²) in [5.74, 6) is 0.899. The highest BCUT2D eigenvalue weighted by Gasteiger charge is 2.13. The van der Waals surface area contributed by atoms with Gasteiger partial charge in [0.15, 0.2) is 11.5 Å². The van der Waals surface area contributed by atoms with Crippen molar-refractivity contribution >= 4 is 56.8 Å². The van der Waals surface area contributed by atoms with Crippen LogP contribution in [0.1, 0.15) is 23.6 Å². The number of aryl methyl sites for hydroxylation is 1. The Morgan fingerprint density at radius 1 is 1.09 bits per heavy atom. The average Bonchev–Trinajstić information content (AvgIpc) is 2.75. The molecule has 0 saturated carbocycles. The molecule has 0 saturated heterocycles. The molecule has 0 unspecified atom stereocenters. The number of halogens is 3. The standard InChI is InChI=1S/C25H22BrCl2NO3/c1-3-31-23-14-17(8-11-24(30)29-22-10-9-19(27)12-16(22)2)13-20(26)25(23)32-15-18-6-4-5-7-21(18)28/h4-14H,3,15H2,1-2H3,(H,29,30)/b11-8+. The average molecular weight is 535 g/mol. The highest BCUT2D eigenvalue weighted by molar-refractivity contribution is 9.10. The van der Waals surface area contributed by atoms with Crippen LogP contribution in [0.15, 0.2) is 65.1 Å². The summed E-state index contributed by atoms with van der Waals surface area (Å²) in [5, 5.41) is 4.12. The molecule has 3 rings (SSSR count). The minimum Gasteiger partial charge on any atom is -0.490 e. The van der Waals surface area contributed by atoms with Crippen LogP contribution in [-0.4, -0.2) is 12.5 Å². The van der Waals surface area contributed by atoms with E-state index in [1.54, 1.807) is 24.3 Å². The van der Waals surface area contributed by atoms with Crippen molar-refractivity contribution in [2.24, 2.45) is 0 Å². The van der Waals surface area contributed by atoms with Crippen LogP contribution in [-0.2, 0) is 11.4 Å². The van der Waals surface area contributed by atoms with Gasteiger partial charge in [-0.2, -0.15) is 0 Å². The maximum atomic E-state index is 12.4. The molecule has 0 aliphatic rings. The quantitative estimate of drug-likeness (QED) is 0.301. The van der Waals surface area contributed by atoms with Gasteiger partial charge in [-0.1, -0.05) is 41.4 Å². The van der Waals surface area contributed by atoms with Crippen molar-refractivity contribution in [3.05, 3.63) is 91.9 Å². The molecule has 1 N–H and O–H groups in total. The first-order chi connectivity index (χ1) is 15.4. The van der Waals surface area contributed by atoms with Crippen molar-refractivity contribution in [3.8, 4) is 11.5 Å². The predicted molar refractivity (Wildman–Crippen MR) is 135 cm³/mol. The first-order valence-corrected chi connectivity index (χ1v) is 11.5. The van der Waals surface area contributed by atoms with E-state index < -0.39 is 0 Å². The molecule has 32 heavy (non-hydrogen) atoms. The van der Waals surface area contributed by atoms with Crippen LogP contribution in [0.5, 0.6) is 11.5 Å². The van der Waals surface area contributed by atoms with Gasteiger partial charge < -0.3 is 14.8 Å². The van der Waals surface area contributed by atoms with E-state index in [1.807, 2.05) is 50.2 Å². The molecule has 0 fully saturated rings. The molecule has 0 radical (unpaired) electrons. The molecule has 3 aromatic rings. The normalized spacial score (nSPS) is 10.9. The Morgan fingerprint density at radius 2 is 1.88 bits per heavy atom. The lowest BCUT2D eigenvalue weighted by molar-refractivity contribution is -0.111. The molecular weight excluding hydrogens is 513 g/mol. The van der Waals surface area contributed by atoms with Gasteiger partial charge in [-0.15, -0.1) is 0 Å². The number of amides is 1. The third-order valence-corrected chi connectivity index (χ3v) is 5.73. The van der Waals surface area contributed by atoms with E-state index in [2.05, 4.69) is 21.2 Å². The van der Waals surface area contributed by atoms with Crippen LogP contribution in [0.25, 0.3) is 6.08 Å². The van der Waals surface area contributed by atoms with Crippen molar-refractivity contribution in [2.75, 3.05) is 11.9 Å². The van der Waals surface area contributed by atoms with Crippen LogP contribution in [0.3, 0.4) is 0 Å². The summed E-state index contributed by atoms with van der Waals surface area (Å²) >= 11 is 15.7. The van der Waals surface area contributed by atoms with E-state index in [-0.39, 0.29) is 5.91 Å². The van der Waals surface area contributed by atoms with Crippen molar-refractivity contribution in [1.82, 2.24) is 0 Å². The van der Waals surface area contributed by atoms with Crippen LogP contribution in [0.4, 0.5) is 5.69 Å². The predicted octanol–water partition coefficient (Wildman–Crippen LogP) is 7.69. The van der Waals surface area contributed by atoms with Crippen LogP contribution in [0.2, 0.25) is 10.0 Å². The summed E-state index contributed by atoms with van der Waals surface area (Å²) in [6.45, 7) is 4.56. The molecule has 0 aliphatic heterocycles. The number of hydrogen-bond donors (Lipinski definition) is 1. The molecule has 166 valence electrons. The summed E-state index contributed by atoms with van der Waals surface area (Å²) in [6.07, 6.45) is 3.18. The second-order valence-electron chi connectivity index (χ2n) is 6.92. The maximum Gasteiger partial charge on any atom is 0.248 e. The number of benzene rings is 3. The molecule has 3 aromatic carbocycles. The number of anilines is 1. The van der Waals surface area contributed by atoms with E-state index in [0.717, 1.165) is 16.7 Å². The lowest BCUT2D eigenvalue weighted by Gasteiger charge is -2.15. The molecular formula is C25H22BrCl2NO3. The number of ether oxygens (including phenoxy) is 2. The molecule has 0 aromatic heterocycles. The molecule has 0 bridgehead atoms. The van der Waals surface area contributed by atoms with E-state index in [1.165, 1.54) is 6.08 Å². The number of nitrogens with one attached hydrogen (secondary N) is 1. The number of carbonyl (C=O) groups is 1. The smallest absolute Gasteiger partial charge is 0.248 e. The molecule has 1 amide bonds. The lowest BCUT2D eigenvalue weighted by Crippen LogP contribution is -2.08. The van der Waals surface area contributed by atoms with Crippen LogP contribution >= 0.6 is 39.1 Å². The second-order valence-corrected chi connectivity index (χ2v) is 8.62. The third-order valence-electron chi connectivity index (χ3n) is 4.54. The Balaban J connectivity index is 1.75. The van der Waals surface area contributed by atoms with Gasteiger partial charge in [-0.05, 0) is 83.4 Å². The Labute approximate surface area is 206 Å². The highest BCUT2D eigenvalue weighted by Crippen LogP contribution is 2.38. The summed E-state index contributed by atoms with van der Waals surface area (Å²) in [5.41, 5.74) is 3.26. The van der Waals surface area contributed by atoms with Gasteiger partial charge in [0.2, 0.25) is 5.91 Å². The molecule has 7 heteroatoms. The summed E-state index contributed by atoms with van der Waals surface area (Å²) < 4.78 is 12.5. The summed E-state index contributed by atoms with van der Waals surface area (Å²) in [7, 11) is 0. The fourth-order valence-corrected chi connectivity index (χ4v) is 3.96. The fraction of sp³-hybridized carbons (Fsp3) is 0.160. The van der Waals surface area contributed by atoms with Gasteiger partial charge in [-0.3, -0.25) is 4.79 Å². The number of carbonyl (C=O) groups excluding carboxylic acids is 1. The summed E-state index contributed by atoms with van der Waals surface area (Å²) in [4.78, 5) is 12.4. The summed E-state index contributed by atoms with van der Waals surface area (Å²) in [6, 6.07) is 16.5. The topological polar surface area (TPSA) is 47.6 Å². The number of rotatable bonds is 8. The second kappa shape index (κ2) is 11.4. The Kier molecular flexibility index (Phi) is 8.62. The molecule has 0 heterocycles. The van der Waals surface area contributed by atoms with Gasteiger partial charge in [0.05, 0.1) is 11.1 Å². The van der Waals surface area contributed by atoms with Gasteiger partial charge in [-0.25, -0.2) is 0 Å². The van der Waals surface area contributed by atoms with Crippen molar-refractivity contribution < 1.29 is 14.3 Å². The van der Waals surface area contributed by atoms with Crippen LogP contribution in [0, 0.1) is 6.92 Å². The van der Waals surface area contributed by atoms with Crippen molar-refractivity contribution in [2.45, 2.75) is 20.5 Å². The zero-order valence-electron chi connectivity index (χ0n) is 17.6. The SMILES string of the molecule is CCOc1cc(/C=C/C(=O)Nc2ccc(Cl)cc2C)cc(Br)c1OCc1ccccc1Cl. The monoisotopic (exact) mass is 533 g/mol. The zero-order chi connectivity index (χ0) is 23.1. The van der Waals surface area contributed by atoms with Crippen molar-refractivity contribution in [3.63, 3.8) is 0 Å². The Hall–Kier alpha value is -2.47. The van der Waals surface area contributed by atoms with Crippen molar-refractivity contribution in [1.29, 1.82) is 0 Å². The zero-order valence-corrected chi connectivity index (χ0v) is 20.7. The van der Waals surface area contributed by atoms with Gasteiger partial charge in [0.25, 0.3) is 0 Å². The minimum absolute atomic E-state index is 0.247. The van der Waals surface area contributed by atoms with E-state index in [0.29, 0.717) is 44.9 Å². The molecule has 0 atom stereocenters. The van der Waals surface area contributed by atoms with Gasteiger partial charge >= 0.3 is 0 Å². The van der Waals surface area contributed by atoms with E-state index >= 15 is 0 Å². The Morgan fingerprint density at radius 3 is 2.59 bits per heavy atom. The van der Waals surface area contributed by atoms with Gasteiger partial charge in [0.1, 0.15) is 6.61 Å². The maximum absolute atomic E-state index is 12.4. The lowest BCUT2D eigenvalue weighted by atomic mass is 10.1. The highest BCUT2D eigenvalue weighted by atomic mass is 79.9. The van der Waals surface area contributed by atoms with Crippen LogP contribution < -0.4 is 14.8 Å². The van der Waals surface area contributed by atoms with E-state index in [4.69, 9.17) is 32.7 Å². The minimum atomic E-state index is -0.247. The third kappa shape index (κ3) is 6.52. The first kappa shape index (κ1) is 24.2. The van der Waals surface area contributed by atoms with E-state index in [9.17, 15) is 4.79 Å². The number of hydrogen-bond acceptors (Lipinski definition) is 3. The van der Waals surface area contributed by atoms with Gasteiger partial charge in [0, 0.05) is 27.4 Å².